The van der Waals surface area contributed by atoms with Gasteiger partial charge in [0.1, 0.15) is 6.17 Å². The second-order valence-electron chi connectivity index (χ2n) is 12.1. The van der Waals surface area contributed by atoms with Gasteiger partial charge in [0.15, 0.2) is 9.84 Å². The lowest BCUT2D eigenvalue weighted by molar-refractivity contribution is -0.126. The molecule has 2 aliphatic heterocycles. The number of aliphatic imine (C=N–C) groups is 1. The topological polar surface area (TPSA) is 108 Å². The Morgan fingerprint density at radius 1 is 1.15 bits per heavy atom. The molecule has 4 saturated carbocycles. The zero-order chi connectivity index (χ0) is 23.7. The van der Waals surface area contributed by atoms with Crippen LogP contribution in [0.1, 0.15) is 58.3 Å². The van der Waals surface area contributed by atoms with Crippen molar-refractivity contribution in [3.63, 3.8) is 0 Å². The standard InChI is InChI=1S/C25H36N4O4S/c1-15-8-16-9-19(28-31)13-25(11-15,12-16)27-23-22-18-3-2-17(10-18)21(22)20(14-26-23)24(30)29-4-6-34(32,33)7-5-29/h14-19,22-23,27H,2-13H2,1H3. The Kier molecular flexibility index (Phi) is 5.52. The summed E-state index contributed by atoms with van der Waals surface area (Å²) in [7, 11) is -3.03. The maximum atomic E-state index is 13.5. The first kappa shape index (κ1) is 22.8. The summed E-state index contributed by atoms with van der Waals surface area (Å²) in [6.45, 7) is 2.86. The van der Waals surface area contributed by atoms with Crippen LogP contribution in [0.25, 0.3) is 0 Å². The summed E-state index contributed by atoms with van der Waals surface area (Å²) in [5, 5.41) is 7.43. The van der Waals surface area contributed by atoms with Crippen LogP contribution in [0.2, 0.25) is 0 Å². The van der Waals surface area contributed by atoms with E-state index in [1.807, 2.05) is 0 Å². The normalized spacial score (nSPS) is 44.7. The van der Waals surface area contributed by atoms with Gasteiger partial charge in [0.25, 0.3) is 5.91 Å². The Labute approximate surface area is 201 Å². The van der Waals surface area contributed by atoms with Crippen LogP contribution in [0.15, 0.2) is 21.3 Å². The van der Waals surface area contributed by atoms with Gasteiger partial charge in [0, 0.05) is 30.8 Å². The van der Waals surface area contributed by atoms with Crippen LogP contribution in [0, 0.1) is 34.5 Å². The Morgan fingerprint density at radius 2 is 1.94 bits per heavy atom. The predicted octanol–water partition coefficient (Wildman–Crippen LogP) is 2.69. The van der Waals surface area contributed by atoms with Crippen molar-refractivity contribution >= 4 is 22.0 Å². The van der Waals surface area contributed by atoms with Gasteiger partial charge in [-0.05, 0) is 80.6 Å². The van der Waals surface area contributed by atoms with Crippen molar-refractivity contribution in [3.05, 3.63) is 16.1 Å². The number of carbonyl (C=O) groups is 1. The second-order valence-corrected chi connectivity index (χ2v) is 14.4. The number of hydrogen-bond acceptors (Lipinski definition) is 7. The molecule has 1 N–H and O–H groups in total. The van der Waals surface area contributed by atoms with Gasteiger partial charge < -0.3 is 4.90 Å². The van der Waals surface area contributed by atoms with Crippen molar-refractivity contribution in [2.45, 2.75) is 76.0 Å². The van der Waals surface area contributed by atoms with E-state index in [1.54, 1.807) is 11.1 Å². The number of rotatable bonds is 4. The van der Waals surface area contributed by atoms with Crippen molar-refractivity contribution in [2.24, 2.45) is 39.8 Å². The van der Waals surface area contributed by atoms with E-state index < -0.39 is 9.84 Å². The minimum atomic E-state index is -3.03. The van der Waals surface area contributed by atoms with Crippen molar-refractivity contribution < 1.29 is 13.2 Å². The van der Waals surface area contributed by atoms with Crippen LogP contribution in [-0.2, 0) is 14.6 Å². The third kappa shape index (κ3) is 3.87. The van der Waals surface area contributed by atoms with E-state index in [1.165, 1.54) is 18.4 Å². The lowest BCUT2D eigenvalue weighted by Crippen LogP contribution is -2.60. The number of hydrogen-bond donors (Lipinski definition) is 1. The molecule has 5 fully saturated rings. The number of nitroso groups, excluding NO2 is 1. The summed E-state index contributed by atoms with van der Waals surface area (Å²) in [5.74, 6) is 2.42. The zero-order valence-corrected chi connectivity index (χ0v) is 20.8. The third-order valence-electron chi connectivity index (χ3n) is 9.65. The van der Waals surface area contributed by atoms with Crippen molar-refractivity contribution in [1.82, 2.24) is 10.2 Å². The number of fused-ring (bicyclic) bond motifs is 7. The molecule has 186 valence electrons. The first-order valence-corrected chi connectivity index (χ1v) is 14.9. The third-order valence-corrected chi connectivity index (χ3v) is 11.3. The summed E-state index contributed by atoms with van der Waals surface area (Å²) in [5.41, 5.74) is 1.88. The predicted molar refractivity (Wildman–Crippen MR) is 130 cm³/mol. The molecule has 2 heterocycles. The average molecular weight is 489 g/mol. The molecule has 0 radical (unpaired) electrons. The highest BCUT2D eigenvalue weighted by atomic mass is 32.2. The summed E-state index contributed by atoms with van der Waals surface area (Å²) in [4.78, 5) is 31.7. The average Bonchev–Trinajstić information content (AvgIpc) is 3.41. The molecule has 1 saturated heterocycles. The van der Waals surface area contributed by atoms with Crippen molar-refractivity contribution in [2.75, 3.05) is 24.6 Å². The monoisotopic (exact) mass is 488 g/mol. The first-order chi connectivity index (χ1) is 16.3. The summed E-state index contributed by atoms with van der Waals surface area (Å²) in [6.07, 6.45) is 10.2. The zero-order valence-electron chi connectivity index (χ0n) is 20.0. The van der Waals surface area contributed by atoms with Gasteiger partial charge in [-0.3, -0.25) is 15.1 Å². The molecule has 0 aromatic carbocycles. The number of carbonyl (C=O) groups excluding carboxylic acids is 1. The molecular weight excluding hydrogens is 452 g/mol. The van der Waals surface area contributed by atoms with Crippen LogP contribution >= 0.6 is 0 Å². The molecule has 0 aromatic heterocycles. The smallest absolute Gasteiger partial charge is 0.255 e. The van der Waals surface area contributed by atoms with Gasteiger partial charge in [0.05, 0.1) is 23.1 Å². The Balaban J connectivity index is 1.27. The molecular formula is C25H36N4O4S. The van der Waals surface area contributed by atoms with E-state index in [0.29, 0.717) is 23.7 Å². The molecule has 8 unspecified atom stereocenters. The highest BCUT2D eigenvalue weighted by molar-refractivity contribution is 7.91. The van der Waals surface area contributed by atoms with Crippen LogP contribution in [0.3, 0.4) is 0 Å². The molecule has 6 aliphatic rings. The largest absolute Gasteiger partial charge is 0.337 e. The fraction of sp³-hybridized carbons (Fsp3) is 0.840. The van der Waals surface area contributed by atoms with Crippen molar-refractivity contribution in [3.8, 4) is 0 Å². The molecule has 4 bridgehead atoms. The molecule has 6 rings (SSSR count). The maximum absolute atomic E-state index is 13.5. The lowest BCUT2D eigenvalue weighted by Gasteiger charge is -2.52. The van der Waals surface area contributed by atoms with E-state index in [0.717, 1.165) is 44.1 Å². The highest BCUT2D eigenvalue weighted by Crippen LogP contribution is 2.56. The van der Waals surface area contributed by atoms with Crippen molar-refractivity contribution in [1.29, 1.82) is 0 Å². The second kappa shape index (κ2) is 8.22. The first-order valence-electron chi connectivity index (χ1n) is 13.1. The Bertz CT molecular complexity index is 1040. The number of nitrogens with one attached hydrogen (secondary N) is 1. The van der Waals surface area contributed by atoms with Gasteiger partial charge in [0.2, 0.25) is 0 Å². The van der Waals surface area contributed by atoms with Crippen LogP contribution in [0.5, 0.6) is 0 Å². The minimum absolute atomic E-state index is 0.0444. The molecule has 4 aliphatic carbocycles. The fourth-order valence-corrected chi connectivity index (χ4v) is 9.77. The number of dihydropyridines is 1. The van der Waals surface area contributed by atoms with E-state index >= 15 is 0 Å². The van der Waals surface area contributed by atoms with E-state index in [2.05, 4.69) is 17.4 Å². The molecule has 0 spiro atoms. The SMILES string of the molecule is CC1CC2CC(N=O)CC(NC3N=CC(C(=O)N4CCS(=O)(=O)CC4)=C4C5CCC(C5)C43)(C1)C2. The lowest BCUT2D eigenvalue weighted by atomic mass is 9.62. The van der Waals surface area contributed by atoms with Crippen LogP contribution in [-0.4, -0.2) is 67.8 Å². The Morgan fingerprint density at radius 3 is 2.71 bits per heavy atom. The molecule has 8 atom stereocenters. The number of sulfone groups is 1. The summed E-state index contributed by atoms with van der Waals surface area (Å²) < 4.78 is 23.7. The summed E-state index contributed by atoms with van der Waals surface area (Å²) >= 11 is 0. The fourth-order valence-electron chi connectivity index (χ4n) is 8.57. The van der Waals surface area contributed by atoms with Gasteiger partial charge in [-0.15, -0.1) is 0 Å². The molecule has 34 heavy (non-hydrogen) atoms. The van der Waals surface area contributed by atoms with Gasteiger partial charge in [-0.1, -0.05) is 12.1 Å². The molecule has 9 heteroatoms. The highest BCUT2D eigenvalue weighted by Gasteiger charge is 2.53. The van der Waals surface area contributed by atoms with Crippen LogP contribution < -0.4 is 5.32 Å². The van der Waals surface area contributed by atoms with Crippen LogP contribution in [0.4, 0.5) is 0 Å². The van der Waals surface area contributed by atoms with E-state index in [-0.39, 0.29) is 54.2 Å². The maximum Gasteiger partial charge on any atom is 0.255 e. The van der Waals surface area contributed by atoms with Gasteiger partial charge in [-0.25, -0.2) is 8.42 Å². The van der Waals surface area contributed by atoms with E-state index in [4.69, 9.17) is 4.99 Å². The van der Waals surface area contributed by atoms with Gasteiger partial charge in [-0.2, -0.15) is 4.91 Å². The molecule has 0 aromatic rings. The quantitative estimate of drug-likeness (QED) is 0.612. The minimum Gasteiger partial charge on any atom is -0.337 e. The molecule has 1 amide bonds. The molecule has 8 nitrogen and oxygen atoms in total. The van der Waals surface area contributed by atoms with Gasteiger partial charge >= 0.3 is 0 Å². The number of nitrogens with zero attached hydrogens (tertiary/aromatic N) is 3. The van der Waals surface area contributed by atoms with E-state index in [9.17, 15) is 18.1 Å². The summed E-state index contributed by atoms with van der Waals surface area (Å²) in [6, 6.07) is -0.117. The Hall–Kier alpha value is -1.61. The number of amides is 1.